The first-order valence-electron chi connectivity index (χ1n) is 5.97. The van der Waals surface area contributed by atoms with Crippen LogP contribution in [-0.4, -0.2) is 20.5 Å². The van der Waals surface area contributed by atoms with Crippen molar-refractivity contribution in [3.63, 3.8) is 0 Å². The zero-order valence-electron chi connectivity index (χ0n) is 10.4. The van der Waals surface area contributed by atoms with Crippen LogP contribution in [0.1, 0.15) is 25.7 Å². The molecule has 0 heterocycles. The van der Waals surface area contributed by atoms with Crippen molar-refractivity contribution < 1.29 is 8.42 Å². The first kappa shape index (κ1) is 16.7. The maximum atomic E-state index is 12.3. The fourth-order valence-electron chi connectivity index (χ4n) is 2.36. The van der Waals surface area contributed by atoms with Gasteiger partial charge in [-0.2, -0.15) is 0 Å². The van der Waals surface area contributed by atoms with Gasteiger partial charge >= 0.3 is 0 Å². The van der Waals surface area contributed by atoms with E-state index in [1.165, 1.54) is 12.1 Å². The van der Waals surface area contributed by atoms with Crippen molar-refractivity contribution in [1.82, 2.24) is 4.72 Å². The number of rotatable bonds is 4. The molecule has 7 heteroatoms. The Morgan fingerprint density at radius 1 is 1.21 bits per heavy atom. The van der Waals surface area contributed by atoms with E-state index in [1.54, 1.807) is 12.1 Å². The van der Waals surface area contributed by atoms with Crippen LogP contribution in [0.3, 0.4) is 0 Å². The van der Waals surface area contributed by atoms with Gasteiger partial charge in [-0.05, 0) is 37.1 Å². The van der Waals surface area contributed by atoms with Crippen molar-refractivity contribution in [2.24, 2.45) is 5.73 Å². The Bertz CT molecular complexity index is 511. The fraction of sp³-hybridized carbons (Fsp3) is 0.500. The summed E-state index contributed by atoms with van der Waals surface area (Å²) in [6.07, 6.45) is 3.63. The van der Waals surface area contributed by atoms with Gasteiger partial charge in [-0.25, -0.2) is 13.1 Å². The predicted molar refractivity (Wildman–Crippen MR) is 79.3 cm³/mol. The molecular weight excluding hydrogens is 307 g/mol. The maximum absolute atomic E-state index is 12.3. The normalized spacial score (nSPS) is 18.0. The van der Waals surface area contributed by atoms with E-state index in [9.17, 15) is 8.42 Å². The molecule has 4 nitrogen and oxygen atoms in total. The summed E-state index contributed by atoms with van der Waals surface area (Å²) in [6.45, 7) is 0.333. The number of nitrogens with two attached hydrogens (primary N) is 1. The largest absolute Gasteiger partial charge is 0.329 e. The van der Waals surface area contributed by atoms with Crippen LogP contribution >= 0.6 is 24.0 Å². The quantitative estimate of drug-likeness (QED) is 0.892. The summed E-state index contributed by atoms with van der Waals surface area (Å²) in [4.78, 5) is 0.228. The van der Waals surface area contributed by atoms with Crippen molar-refractivity contribution >= 4 is 34.0 Å². The molecule has 0 amide bonds. The average molecular weight is 325 g/mol. The van der Waals surface area contributed by atoms with Gasteiger partial charge in [-0.15, -0.1) is 12.4 Å². The number of nitrogens with one attached hydrogen (secondary N) is 1. The second-order valence-electron chi connectivity index (χ2n) is 4.75. The van der Waals surface area contributed by atoms with Crippen molar-refractivity contribution in [3.8, 4) is 0 Å². The number of hydrogen-bond acceptors (Lipinski definition) is 3. The minimum Gasteiger partial charge on any atom is -0.329 e. The van der Waals surface area contributed by atoms with E-state index in [-0.39, 0.29) is 17.3 Å². The molecule has 3 N–H and O–H groups in total. The van der Waals surface area contributed by atoms with E-state index < -0.39 is 15.6 Å². The van der Waals surface area contributed by atoms with Gasteiger partial charge in [-0.3, -0.25) is 0 Å². The zero-order valence-corrected chi connectivity index (χ0v) is 12.8. The number of hydrogen-bond donors (Lipinski definition) is 2. The first-order valence-corrected chi connectivity index (χ1v) is 7.83. The lowest BCUT2D eigenvalue weighted by Crippen LogP contribution is -2.51. The minimum atomic E-state index is -3.52. The average Bonchev–Trinajstić information content (AvgIpc) is 2.78. The molecule has 19 heavy (non-hydrogen) atoms. The molecule has 2 rings (SSSR count). The summed E-state index contributed by atoms with van der Waals surface area (Å²) in [5, 5.41) is 0.517. The van der Waals surface area contributed by atoms with E-state index in [2.05, 4.69) is 4.72 Å². The highest BCUT2D eigenvalue weighted by Gasteiger charge is 2.36. The monoisotopic (exact) mass is 324 g/mol. The highest BCUT2D eigenvalue weighted by molar-refractivity contribution is 7.89. The Morgan fingerprint density at radius 2 is 1.74 bits per heavy atom. The molecule has 0 aromatic heterocycles. The van der Waals surface area contributed by atoms with Gasteiger partial charge < -0.3 is 5.73 Å². The van der Waals surface area contributed by atoms with Crippen LogP contribution in [-0.2, 0) is 10.0 Å². The molecule has 0 bridgehead atoms. The SMILES string of the molecule is Cl.NCC1(NS(=O)(=O)c2ccc(Cl)cc2)CCCC1. The summed E-state index contributed by atoms with van der Waals surface area (Å²) >= 11 is 5.75. The van der Waals surface area contributed by atoms with E-state index in [0.717, 1.165) is 25.7 Å². The molecule has 1 aliphatic rings. The molecule has 1 aromatic carbocycles. The number of sulfonamides is 1. The van der Waals surface area contributed by atoms with Crippen LogP contribution in [0.4, 0.5) is 0 Å². The predicted octanol–water partition coefficient (Wildman–Crippen LogP) is 2.31. The molecule has 0 saturated heterocycles. The maximum Gasteiger partial charge on any atom is 0.241 e. The first-order chi connectivity index (χ1) is 8.47. The Labute approximate surface area is 125 Å². The highest BCUT2D eigenvalue weighted by Crippen LogP contribution is 2.30. The summed E-state index contributed by atoms with van der Waals surface area (Å²) in [5.74, 6) is 0. The molecule has 0 radical (unpaired) electrons. The Balaban J connectivity index is 0.00000180. The van der Waals surface area contributed by atoms with Crippen molar-refractivity contribution in [3.05, 3.63) is 29.3 Å². The summed E-state index contributed by atoms with van der Waals surface area (Å²) in [7, 11) is -3.52. The Morgan fingerprint density at radius 3 is 2.21 bits per heavy atom. The van der Waals surface area contributed by atoms with Crippen molar-refractivity contribution in [2.45, 2.75) is 36.1 Å². The lowest BCUT2D eigenvalue weighted by molar-refractivity contribution is 0.399. The van der Waals surface area contributed by atoms with Gasteiger partial charge in [0.1, 0.15) is 0 Å². The molecule has 0 atom stereocenters. The molecule has 1 saturated carbocycles. The smallest absolute Gasteiger partial charge is 0.241 e. The van der Waals surface area contributed by atoms with Crippen LogP contribution in [0, 0.1) is 0 Å². The molecule has 1 aliphatic carbocycles. The number of halogens is 2. The van der Waals surface area contributed by atoms with Crippen LogP contribution in [0.15, 0.2) is 29.2 Å². The fourth-order valence-corrected chi connectivity index (χ4v) is 3.95. The molecule has 1 fully saturated rings. The van der Waals surface area contributed by atoms with Crippen LogP contribution in [0.25, 0.3) is 0 Å². The number of benzene rings is 1. The van der Waals surface area contributed by atoms with Gasteiger partial charge in [0.15, 0.2) is 0 Å². The molecule has 108 valence electrons. The second kappa shape index (κ2) is 6.41. The summed E-state index contributed by atoms with van der Waals surface area (Å²) < 4.78 is 27.3. The third kappa shape index (κ3) is 3.83. The topological polar surface area (TPSA) is 72.2 Å². The van der Waals surface area contributed by atoms with Crippen molar-refractivity contribution in [1.29, 1.82) is 0 Å². The van der Waals surface area contributed by atoms with Gasteiger partial charge in [0.2, 0.25) is 10.0 Å². The summed E-state index contributed by atoms with van der Waals surface area (Å²) in [5.41, 5.74) is 5.26. The lowest BCUT2D eigenvalue weighted by Gasteiger charge is -2.28. The molecule has 0 spiro atoms. The van der Waals surface area contributed by atoms with Crippen molar-refractivity contribution in [2.75, 3.05) is 6.54 Å². The van der Waals surface area contributed by atoms with Crippen LogP contribution < -0.4 is 10.5 Å². The molecule has 0 aliphatic heterocycles. The minimum absolute atomic E-state index is 0. The standard InChI is InChI=1S/C12H17ClN2O2S.ClH/c13-10-3-5-11(6-4-10)18(16,17)15-12(9-14)7-1-2-8-12;/h3-6,15H,1-2,7-9,14H2;1H. The lowest BCUT2D eigenvalue weighted by atomic mass is 10.0. The molecule has 1 aromatic rings. The van der Waals surface area contributed by atoms with E-state index in [0.29, 0.717) is 11.6 Å². The molecular formula is C12H18Cl2N2O2S. The Hall–Kier alpha value is -0.330. The zero-order chi connectivity index (χ0) is 13.2. The van der Waals surface area contributed by atoms with Crippen LogP contribution in [0.5, 0.6) is 0 Å². The summed E-state index contributed by atoms with van der Waals surface area (Å²) in [6, 6.07) is 6.15. The van der Waals surface area contributed by atoms with E-state index in [1.807, 2.05) is 0 Å². The third-order valence-corrected chi connectivity index (χ3v) is 5.27. The van der Waals surface area contributed by atoms with Gasteiger partial charge in [-0.1, -0.05) is 24.4 Å². The van der Waals surface area contributed by atoms with Gasteiger partial charge in [0, 0.05) is 17.1 Å². The third-order valence-electron chi connectivity index (χ3n) is 3.43. The molecule has 0 unspecified atom stereocenters. The van der Waals surface area contributed by atoms with Gasteiger partial charge in [0.05, 0.1) is 4.90 Å². The van der Waals surface area contributed by atoms with Crippen LogP contribution in [0.2, 0.25) is 5.02 Å². The second-order valence-corrected chi connectivity index (χ2v) is 6.87. The van der Waals surface area contributed by atoms with E-state index in [4.69, 9.17) is 17.3 Å². The Kier molecular flexibility index (Phi) is 5.65. The highest BCUT2D eigenvalue weighted by atomic mass is 35.5. The van der Waals surface area contributed by atoms with Gasteiger partial charge in [0.25, 0.3) is 0 Å². The van der Waals surface area contributed by atoms with E-state index >= 15 is 0 Å².